The molecule has 1 aromatic heterocycles. The summed E-state index contributed by atoms with van der Waals surface area (Å²) >= 11 is 0. The van der Waals surface area contributed by atoms with Crippen LogP contribution in [0.25, 0.3) is 0 Å². The molecule has 1 saturated carbocycles. The van der Waals surface area contributed by atoms with Gasteiger partial charge in [0.25, 0.3) is 5.91 Å². The van der Waals surface area contributed by atoms with E-state index in [9.17, 15) is 4.79 Å². The maximum absolute atomic E-state index is 12.0. The molecule has 0 aromatic carbocycles. The van der Waals surface area contributed by atoms with E-state index >= 15 is 0 Å². The molecular formula is C15H22N2O. The minimum atomic E-state index is -0.0241. The second kappa shape index (κ2) is 6.53. The van der Waals surface area contributed by atoms with E-state index in [0.29, 0.717) is 17.7 Å². The molecule has 0 aliphatic heterocycles. The number of aromatic nitrogens is 1. The zero-order valence-corrected chi connectivity index (χ0v) is 11.1. The fourth-order valence-electron chi connectivity index (χ4n) is 2.78. The molecule has 0 radical (unpaired) electrons. The lowest BCUT2D eigenvalue weighted by Gasteiger charge is -2.20. The SMILES string of the molecule is CCCCC1CCCC1NC(=O)c1ccccn1. The molecule has 1 fully saturated rings. The van der Waals surface area contributed by atoms with Crippen molar-refractivity contribution < 1.29 is 4.79 Å². The molecule has 1 heterocycles. The summed E-state index contributed by atoms with van der Waals surface area (Å²) in [6, 6.07) is 5.80. The molecule has 1 aliphatic rings. The second-order valence-corrected chi connectivity index (χ2v) is 5.13. The zero-order chi connectivity index (χ0) is 12.8. The van der Waals surface area contributed by atoms with E-state index in [-0.39, 0.29) is 5.91 Å². The number of carbonyl (C=O) groups excluding carboxylic acids is 1. The highest BCUT2D eigenvalue weighted by Gasteiger charge is 2.28. The van der Waals surface area contributed by atoms with Gasteiger partial charge in [-0.05, 0) is 37.3 Å². The quantitative estimate of drug-likeness (QED) is 0.867. The Bertz CT molecular complexity index is 377. The minimum Gasteiger partial charge on any atom is -0.348 e. The summed E-state index contributed by atoms with van der Waals surface area (Å²) in [4.78, 5) is 16.1. The van der Waals surface area contributed by atoms with Crippen LogP contribution in [0.2, 0.25) is 0 Å². The number of nitrogens with one attached hydrogen (secondary N) is 1. The van der Waals surface area contributed by atoms with Gasteiger partial charge in [0.15, 0.2) is 0 Å². The molecule has 0 bridgehead atoms. The Morgan fingerprint density at radius 2 is 2.33 bits per heavy atom. The Kier molecular flexibility index (Phi) is 4.73. The topological polar surface area (TPSA) is 42.0 Å². The van der Waals surface area contributed by atoms with Crippen molar-refractivity contribution in [3.05, 3.63) is 30.1 Å². The Balaban J connectivity index is 1.90. The lowest BCUT2D eigenvalue weighted by atomic mass is 9.96. The number of amides is 1. The molecule has 0 saturated heterocycles. The molecule has 3 nitrogen and oxygen atoms in total. The van der Waals surface area contributed by atoms with E-state index in [1.165, 1.54) is 32.1 Å². The van der Waals surface area contributed by atoms with Crippen molar-refractivity contribution in [2.45, 2.75) is 51.5 Å². The van der Waals surface area contributed by atoms with Crippen LogP contribution in [0.3, 0.4) is 0 Å². The Morgan fingerprint density at radius 1 is 1.44 bits per heavy atom. The number of carbonyl (C=O) groups is 1. The van der Waals surface area contributed by atoms with Crippen LogP contribution in [0.4, 0.5) is 0 Å². The van der Waals surface area contributed by atoms with Crippen molar-refractivity contribution >= 4 is 5.91 Å². The maximum atomic E-state index is 12.0. The number of rotatable bonds is 5. The third kappa shape index (κ3) is 3.31. The van der Waals surface area contributed by atoms with Gasteiger partial charge in [-0.3, -0.25) is 9.78 Å². The third-order valence-electron chi connectivity index (χ3n) is 3.80. The lowest BCUT2D eigenvalue weighted by molar-refractivity contribution is 0.0921. The van der Waals surface area contributed by atoms with Gasteiger partial charge in [0.2, 0.25) is 0 Å². The molecule has 0 spiro atoms. The van der Waals surface area contributed by atoms with E-state index in [4.69, 9.17) is 0 Å². The molecule has 1 N–H and O–H groups in total. The number of pyridine rings is 1. The van der Waals surface area contributed by atoms with Gasteiger partial charge in [0, 0.05) is 12.2 Å². The highest BCUT2D eigenvalue weighted by molar-refractivity contribution is 5.92. The summed E-state index contributed by atoms with van der Waals surface area (Å²) in [5.74, 6) is 0.640. The molecule has 2 unspecified atom stereocenters. The smallest absolute Gasteiger partial charge is 0.270 e. The van der Waals surface area contributed by atoms with Gasteiger partial charge in [0.1, 0.15) is 5.69 Å². The monoisotopic (exact) mass is 246 g/mol. The summed E-state index contributed by atoms with van der Waals surface area (Å²) in [7, 11) is 0. The molecule has 1 aromatic rings. The average Bonchev–Trinajstić information content (AvgIpc) is 2.84. The predicted octanol–water partition coefficient (Wildman–Crippen LogP) is 3.17. The van der Waals surface area contributed by atoms with Gasteiger partial charge >= 0.3 is 0 Å². The highest BCUT2D eigenvalue weighted by atomic mass is 16.1. The zero-order valence-electron chi connectivity index (χ0n) is 11.1. The van der Waals surface area contributed by atoms with Crippen LogP contribution < -0.4 is 5.32 Å². The van der Waals surface area contributed by atoms with Gasteiger partial charge in [-0.2, -0.15) is 0 Å². The molecule has 2 atom stereocenters. The van der Waals surface area contributed by atoms with Gasteiger partial charge < -0.3 is 5.32 Å². The number of hydrogen-bond donors (Lipinski definition) is 1. The van der Waals surface area contributed by atoms with E-state index in [1.807, 2.05) is 12.1 Å². The number of nitrogens with zero attached hydrogens (tertiary/aromatic N) is 1. The van der Waals surface area contributed by atoms with E-state index < -0.39 is 0 Å². The maximum Gasteiger partial charge on any atom is 0.270 e. The predicted molar refractivity (Wildman–Crippen MR) is 72.4 cm³/mol. The molecule has 2 rings (SSSR count). The second-order valence-electron chi connectivity index (χ2n) is 5.13. The number of unbranched alkanes of at least 4 members (excludes halogenated alkanes) is 1. The molecular weight excluding hydrogens is 224 g/mol. The van der Waals surface area contributed by atoms with Crippen LogP contribution in [0.15, 0.2) is 24.4 Å². The van der Waals surface area contributed by atoms with Crippen molar-refractivity contribution in [1.82, 2.24) is 10.3 Å². The van der Waals surface area contributed by atoms with Crippen LogP contribution in [-0.4, -0.2) is 16.9 Å². The van der Waals surface area contributed by atoms with Crippen molar-refractivity contribution in [3.8, 4) is 0 Å². The molecule has 3 heteroatoms. The molecule has 1 amide bonds. The summed E-state index contributed by atoms with van der Waals surface area (Å²) in [5.41, 5.74) is 0.527. The van der Waals surface area contributed by atoms with E-state index in [0.717, 1.165) is 6.42 Å². The van der Waals surface area contributed by atoms with Crippen LogP contribution in [0.1, 0.15) is 55.9 Å². The van der Waals surface area contributed by atoms with E-state index in [2.05, 4.69) is 17.2 Å². The van der Waals surface area contributed by atoms with Crippen molar-refractivity contribution in [3.63, 3.8) is 0 Å². The van der Waals surface area contributed by atoms with Gasteiger partial charge in [-0.1, -0.05) is 32.3 Å². The molecule has 18 heavy (non-hydrogen) atoms. The summed E-state index contributed by atoms with van der Waals surface area (Å²) in [6.07, 6.45) is 9.02. The Morgan fingerprint density at radius 3 is 3.06 bits per heavy atom. The van der Waals surface area contributed by atoms with Gasteiger partial charge in [-0.15, -0.1) is 0 Å². The summed E-state index contributed by atoms with van der Waals surface area (Å²) in [6.45, 7) is 2.22. The van der Waals surface area contributed by atoms with Gasteiger partial charge in [-0.25, -0.2) is 0 Å². The number of hydrogen-bond acceptors (Lipinski definition) is 2. The van der Waals surface area contributed by atoms with Crippen molar-refractivity contribution in [2.75, 3.05) is 0 Å². The highest BCUT2D eigenvalue weighted by Crippen LogP contribution is 2.29. The van der Waals surface area contributed by atoms with Crippen LogP contribution in [0, 0.1) is 5.92 Å². The van der Waals surface area contributed by atoms with Crippen LogP contribution in [0.5, 0.6) is 0 Å². The van der Waals surface area contributed by atoms with Crippen molar-refractivity contribution in [2.24, 2.45) is 5.92 Å². The van der Waals surface area contributed by atoms with Gasteiger partial charge in [0.05, 0.1) is 0 Å². The molecule has 98 valence electrons. The first-order valence-electron chi connectivity index (χ1n) is 7.03. The summed E-state index contributed by atoms with van der Waals surface area (Å²) < 4.78 is 0. The standard InChI is InChI=1S/C15H22N2O/c1-2-3-7-12-8-6-10-13(12)17-15(18)14-9-4-5-11-16-14/h4-5,9,11-13H,2-3,6-8,10H2,1H3,(H,17,18). The molecule has 1 aliphatic carbocycles. The van der Waals surface area contributed by atoms with Crippen LogP contribution in [-0.2, 0) is 0 Å². The van der Waals surface area contributed by atoms with E-state index in [1.54, 1.807) is 12.3 Å². The van der Waals surface area contributed by atoms with Crippen LogP contribution >= 0.6 is 0 Å². The first-order valence-corrected chi connectivity index (χ1v) is 7.03. The summed E-state index contributed by atoms with van der Waals surface area (Å²) in [5, 5.41) is 3.15. The Labute approximate surface area is 109 Å². The average molecular weight is 246 g/mol. The fourth-order valence-corrected chi connectivity index (χ4v) is 2.78. The first-order chi connectivity index (χ1) is 8.81. The van der Waals surface area contributed by atoms with Crippen molar-refractivity contribution in [1.29, 1.82) is 0 Å². The normalized spacial score (nSPS) is 22.9. The third-order valence-corrected chi connectivity index (χ3v) is 3.80. The fraction of sp³-hybridized carbons (Fsp3) is 0.600. The largest absolute Gasteiger partial charge is 0.348 e. The first kappa shape index (κ1) is 13.1. The minimum absolute atomic E-state index is 0.0241. The lowest BCUT2D eigenvalue weighted by Crippen LogP contribution is -2.37. The Hall–Kier alpha value is -1.38.